The SMILES string of the molecule is CC(CNC(=O)c1ccc(O)c(O)c1)C1CC1. The van der Waals surface area contributed by atoms with E-state index in [1.807, 2.05) is 0 Å². The molecule has 4 heteroatoms. The fraction of sp³-hybridized carbons (Fsp3) is 0.462. The summed E-state index contributed by atoms with van der Waals surface area (Å²) < 4.78 is 0. The number of rotatable bonds is 4. The minimum absolute atomic E-state index is 0.215. The molecule has 1 aromatic rings. The summed E-state index contributed by atoms with van der Waals surface area (Å²) in [5.41, 5.74) is 0.364. The van der Waals surface area contributed by atoms with Crippen LogP contribution in [0, 0.1) is 11.8 Å². The Kier molecular flexibility index (Phi) is 3.22. The lowest BCUT2D eigenvalue weighted by atomic mass is 10.1. The molecule has 4 nitrogen and oxygen atoms in total. The predicted molar refractivity (Wildman–Crippen MR) is 64.0 cm³/mol. The van der Waals surface area contributed by atoms with Crippen molar-refractivity contribution in [3.05, 3.63) is 23.8 Å². The number of benzene rings is 1. The molecule has 0 aromatic heterocycles. The maximum atomic E-state index is 11.8. The Morgan fingerprint density at radius 1 is 1.41 bits per heavy atom. The van der Waals surface area contributed by atoms with Gasteiger partial charge in [0.1, 0.15) is 0 Å². The van der Waals surface area contributed by atoms with Crippen LogP contribution in [0.25, 0.3) is 0 Å². The van der Waals surface area contributed by atoms with Gasteiger partial charge in [0.25, 0.3) is 5.91 Å². The number of amides is 1. The molecule has 1 unspecified atom stereocenters. The smallest absolute Gasteiger partial charge is 0.251 e. The Morgan fingerprint density at radius 3 is 2.71 bits per heavy atom. The second-order valence-electron chi connectivity index (χ2n) is 4.73. The number of carbonyl (C=O) groups is 1. The van der Waals surface area contributed by atoms with Crippen LogP contribution in [0.4, 0.5) is 0 Å². The van der Waals surface area contributed by atoms with Gasteiger partial charge >= 0.3 is 0 Å². The molecular weight excluding hydrogens is 218 g/mol. The number of phenolic OH excluding ortho intramolecular Hbond substituents is 2. The van der Waals surface area contributed by atoms with Gasteiger partial charge in [-0.2, -0.15) is 0 Å². The monoisotopic (exact) mass is 235 g/mol. The van der Waals surface area contributed by atoms with E-state index in [0.29, 0.717) is 18.0 Å². The summed E-state index contributed by atoms with van der Waals surface area (Å²) in [4.78, 5) is 11.8. The molecule has 17 heavy (non-hydrogen) atoms. The van der Waals surface area contributed by atoms with Crippen molar-refractivity contribution in [1.29, 1.82) is 0 Å². The van der Waals surface area contributed by atoms with Crippen LogP contribution in [0.2, 0.25) is 0 Å². The molecule has 0 bridgehead atoms. The van der Waals surface area contributed by atoms with Crippen molar-refractivity contribution in [1.82, 2.24) is 5.32 Å². The zero-order valence-corrected chi connectivity index (χ0v) is 9.81. The van der Waals surface area contributed by atoms with Crippen LogP contribution in [0.3, 0.4) is 0 Å². The second kappa shape index (κ2) is 4.65. The van der Waals surface area contributed by atoms with Crippen LogP contribution in [-0.2, 0) is 0 Å². The molecule has 0 saturated heterocycles. The lowest BCUT2D eigenvalue weighted by molar-refractivity contribution is 0.0946. The van der Waals surface area contributed by atoms with Gasteiger partial charge in [0.05, 0.1) is 0 Å². The number of hydrogen-bond acceptors (Lipinski definition) is 3. The Bertz CT molecular complexity index is 427. The van der Waals surface area contributed by atoms with Gasteiger partial charge in [-0.25, -0.2) is 0 Å². The van der Waals surface area contributed by atoms with Gasteiger partial charge < -0.3 is 15.5 Å². The van der Waals surface area contributed by atoms with Crippen molar-refractivity contribution in [3.63, 3.8) is 0 Å². The molecule has 1 fully saturated rings. The predicted octanol–water partition coefficient (Wildman–Crippen LogP) is 1.87. The van der Waals surface area contributed by atoms with Crippen molar-refractivity contribution in [2.75, 3.05) is 6.54 Å². The summed E-state index contributed by atoms with van der Waals surface area (Å²) in [6.45, 7) is 2.79. The Labute approximate surface area is 100 Å². The Morgan fingerprint density at radius 2 is 2.12 bits per heavy atom. The van der Waals surface area contributed by atoms with E-state index in [1.165, 1.54) is 31.0 Å². The molecule has 1 saturated carbocycles. The van der Waals surface area contributed by atoms with E-state index in [1.54, 1.807) is 0 Å². The molecule has 1 aliphatic rings. The molecule has 1 aromatic carbocycles. The average Bonchev–Trinajstić information content (AvgIpc) is 3.13. The molecule has 0 radical (unpaired) electrons. The van der Waals surface area contributed by atoms with E-state index >= 15 is 0 Å². The van der Waals surface area contributed by atoms with E-state index < -0.39 is 0 Å². The molecule has 1 amide bonds. The highest BCUT2D eigenvalue weighted by Gasteiger charge is 2.27. The van der Waals surface area contributed by atoms with E-state index in [2.05, 4.69) is 12.2 Å². The van der Waals surface area contributed by atoms with Gasteiger partial charge in [-0.3, -0.25) is 4.79 Å². The number of hydrogen-bond donors (Lipinski definition) is 3. The maximum Gasteiger partial charge on any atom is 0.251 e. The van der Waals surface area contributed by atoms with Gasteiger partial charge in [-0.15, -0.1) is 0 Å². The normalized spacial score (nSPS) is 16.5. The van der Waals surface area contributed by atoms with Crippen LogP contribution in [0.5, 0.6) is 11.5 Å². The third-order valence-electron chi connectivity index (χ3n) is 3.25. The minimum Gasteiger partial charge on any atom is -0.504 e. The Hall–Kier alpha value is -1.71. The molecule has 3 N–H and O–H groups in total. The second-order valence-corrected chi connectivity index (χ2v) is 4.73. The van der Waals surface area contributed by atoms with E-state index in [0.717, 1.165) is 5.92 Å². The summed E-state index contributed by atoms with van der Waals surface area (Å²) in [6, 6.07) is 4.08. The first-order chi connectivity index (χ1) is 8.08. The molecule has 1 atom stereocenters. The Balaban J connectivity index is 1.92. The third kappa shape index (κ3) is 2.90. The first-order valence-corrected chi connectivity index (χ1v) is 5.88. The van der Waals surface area contributed by atoms with Gasteiger partial charge in [-0.05, 0) is 42.9 Å². The zero-order valence-electron chi connectivity index (χ0n) is 9.81. The van der Waals surface area contributed by atoms with E-state index in [9.17, 15) is 9.90 Å². The first kappa shape index (κ1) is 11.8. The zero-order chi connectivity index (χ0) is 12.4. The number of carbonyl (C=O) groups excluding carboxylic acids is 1. The molecule has 1 aliphatic carbocycles. The van der Waals surface area contributed by atoms with Crippen molar-refractivity contribution in [3.8, 4) is 11.5 Å². The van der Waals surface area contributed by atoms with Crippen LogP contribution < -0.4 is 5.32 Å². The molecule has 2 rings (SSSR count). The summed E-state index contributed by atoms with van der Waals surface area (Å²) in [5, 5.41) is 21.3. The van der Waals surface area contributed by atoms with Crippen LogP contribution in [0.15, 0.2) is 18.2 Å². The fourth-order valence-electron chi connectivity index (χ4n) is 1.85. The van der Waals surface area contributed by atoms with Crippen molar-refractivity contribution in [2.45, 2.75) is 19.8 Å². The van der Waals surface area contributed by atoms with Crippen LogP contribution in [0.1, 0.15) is 30.1 Å². The molecular formula is C13H17NO3. The van der Waals surface area contributed by atoms with Gasteiger partial charge in [0.2, 0.25) is 0 Å². The molecule has 0 aliphatic heterocycles. The quantitative estimate of drug-likeness (QED) is 0.698. The first-order valence-electron chi connectivity index (χ1n) is 5.88. The highest BCUT2D eigenvalue weighted by Crippen LogP contribution is 2.36. The van der Waals surface area contributed by atoms with Crippen molar-refractivity contribution < 1.29 is 15.0 Å². The van der Waals surface area contributed by atoms with Gasteiger partial charge in [-0.1, -0.05) is 6.92 Å². The van der Waals surface area contributed by atoms with Crippen LogP contribution in [-0.4, -0.2) is 22.7 Å². The fourth-order valence-corrected chi connectivity index (χ4v) is 1.85. The van der Waals surface area contributed by atoms with Crippen molar-refractivity contribution in [2.24, 2.45) is 11.8 Å². The van der Waals surface area contributed by atoms with Crippen molar-refractivity contribution >= 4 is 5.91 Å². The molecule has 92 valence electrons. The minimum atomic E-state index is -0.270. The van der Waals surface area contributed by atoms with Gasteiger partial charge in [0, 0.05) is 12.1 Å². The number of aromatic hydroxyl groups is 2. The molecule has 0 spiro atoms. The summed E-state index contributed by atoms with van der Waals surface area (Å²) in [7, 11) is 0. The average molecular weight is 235 g/mol. The van der Waals surface area contributed by atoms with Gasteiger partial charge in [0.15, 0.2) is 11.5 Å². The summed E-state index contributed by atoms with van der Waals surface area (Å²) >= 11 is 0. The standard InChI is InChI=1S/C13H17NO3/c1-8(9-2-3-9)7-14-13(17)10-4-5-11(15)12(16)6-10/h4-6,8-9,15-16H,2-3,7H2,1H3,(H,14,17). The number of nitrogens with one attached hydrogen (secondary N) is 1. The van der Waals surface area contributed by atoms with E-state index in [-0.39, 0.29) is 17.4 Å². The topological polar surface area (TPSA) is 69.6 Å². The largest absolute Gasteiger partial charge is 0.504 e. The third-order valence-corrected chi connectivity index (χ3v) is 3.25. The lowest BCUT2D eigenvalue weighted by Crippen LogP contribution is -2.28. The molecule has 0 heterocycles. The maximum absolute atomic E-state index is 11.8. The lowest BCUT2D eigenvalue weighted by Gasteiger charge is -2.11. The number of phenols is 2. The summed E-state index contributed by atoms with van der Waals surface area (Å²) in [6.07, 6.45) is 2.52. The van der Waals surface area contributed by atoms with Crippen LogP contribution >= 0.6 is 0 Å². The highest BCUT2D eigenvalue weighted by atomic mass is 16.3. The summed E-state index contributed by atoms with van der Waals surface area (Å²) in [5.74, 6) is 0.557. The highest BCUT2D eigenvalue weighted by molar-refractivity contribution is 5.94. The van der Waals surface area contributed by atoms with E-state index in [4.69, 9.17) is 5.11 Å².